The number of unbranched alkanes of at least 4 members (excludes halogenated alkanes) is 8. The van der Waals surface area contributed by atoms with Crippen molar-refractivity contribution in [3.8, 4) is 0 Å². The summed E-state index contributed by atoms with van der Waals surface area (Å²) in [5.74, 6) is -0.855. The van der Waals surface area contributed by atoms with Crippen molar-refractivity contribution in [2.45, 2.75) is 110 Å². The van der Waals surface area contributed by atoms with Crippen LogP contribution in [0.4, 0.5) is 0 Å². The normalized spacial score (nSPS) is 14.4. The van der Waals surface area contributed by atoms with Gasteiger partial charge in [-0.2, -0.15) is 0 Å². The summed E-state index contributed by atoms with van der Waals surface area (Å²) in [6.07, 6.45) is 15.0. The summed E-state index contributed by atoms with van der Waals surface area (Å²) in [5.41, 5.74) is 0. The molecule has 122 valence electrons. The molecule has 0 aromatic carbocycles. The molecule has 0 aliphatic rings. The van der Waals surface area contributed by atoms with Gasteiger partial charge in [-0.05, 0) is 12.8 Å². The van der Waals surface area contributed by atoms with E-state index >= 15 is 0 Å². The molecule has 0 bridgehead atoms. The minimum atomic E-state index is -0.855. The van der Waals surface area contributed by atoms with Crippen LogP contribution >= 0.6 is 0 Å². The average Bonchev–Trinajstić information content (AvgIpc) is 2.43. The van der Waals surface area contributed by atoms with Gasteiger partial charge < -0.3 is 9.84 Å². The van der Waals surface area contributed by atoms with E-state index < -0.39 is 5.79 Å². The zero-order chi connectivity index (χ0) is 15.1. The van der Waals surface area contributed by atoms with Crippen molar-refractivity contribution < 1.29 is 9.84 Å². The Labute approximate surface area is 127 Å². The molecule has 2 nitrogen and oxygen atoms in total. The van der Waals surface area contributed by atoms with E-state index in [0.717, 1.165) is 38.7 Å². The van der Waals surface area contributed by atoms with Crippen LogP contribution in [0.15, 0.2) is 0 Å². The van der Waals surface area contributed by atoms with Gasteiger partial charge in [-0.3, -0.25) is 0 Å². The first-order valence-corrected chi connectivity index (χ1v) is 9.04. The lowest BCUT2D eigenvalue weighted by Gasteiger charge is -2.28. The molecule has 0 aromatic rings. The maximum atomic E-state index is 10.5. The van der Waals surface area contributed by atoms with Crippen molar-refractivity contribution in [3.05, 3.63) is 0 Å². The van der Waals surface area contributed by atoms with Crippen LogP contribution in [0.1, 0.15) is 104 Å². The second-order valence-corrected chi connectivity index (χ2v) is 6.12. The Balaban J connectivity index is 3.70. The molecule has 1 unspecified atom stereocenters. The lowest BCUT2D eigenvalue weighted by Crippen LogP contribution is -2.32. The van der Waals surface area contributed by atoms with Gasteiger partial charge in [0, 0.05) is 12.8 Å². The fourth-order valence-electron chi connectivity index (χ4n) is 2.63. The first-order chi connectivity index (χ1) is 9.68. The zero-order valence-electron chi connectivity index (χ0n) is 14.3. The van der Waals surface area contributed by atoms with E-state index in [4.69, 9.17) is 4.74 Å². The van der Waals surface area contributed by atoms with Crippen molar-refractivity contribution in [1.29, 1.82) is 0 Å². The Bertz CT molecular complexity index is 194. The van der Waals surface area contributed by atoms with Gasteiger partial charge in [0.15, 0.2) is 5.79 Å². The van der Waals surface area contributed by atoms with Crippen LogP contribution in [0.2, 0.25) is 0 Å². The van der Waals surface area contributed by atoms with Gasteiger partial charge in [0.25, 0.3) is 0 Å². The highest BCUT2D eigenvalue weighted by Crippen LogP contribution is 2.23. The van der Waals surface area contributed by atoms with Gasteiger partial charge in [-0.1, -0.05) is 78.6 Å². The Morgan fingerprint density at radius 3 is 1.80 bits per heavy atom. The fourth-order valence-corrected chi connectivity index (χ4v) is 2.63. The summed E-state index contributed by atoms with van der Waals surface area (Å²) in [5, 5.41) is 10.5. The molecule has 0 heterocycles. The molecule has 0 aromatic heterocycles. The molecule has 2 heteroatoms. The largest absolute Gasteiger partial charge is 0.365 e. The van der Waals surface area contributed by atoms with Crippen molar-refractivity contribution in [1.82, 2.24) is 0 Å². The van der Waals surface area contributed by atoms with Crippen molar-refractivity contribution >= 4 is 0 Å². The topological polar surface area (TPSA) is 29.5 Å². The molecule has 1 atom stereocenters. The highest BCUT2D eigenvalue weighted by molar-refractivity contribution is 4.67. The highest BCUT2D eigenvalue weighted by Gasteiger charge is 2.25. The lowest BCUT2D eigenvalue weighted by atomic mass is 10.0. The molecule has 0 saturated heterocycles. The average molecular weight is 286 g/mol. The molecule has 20 heavy (non-hydrogen) atoms. The number of rotatable bonds is 15. The van der Waals surface area contributed by atoms with E-state index in [-0.39, 0.29) is 0 Å². The molecule has 0 rings (SSSR count). The molecular weight excluding hydrogens is 248 g/mol. The molecule has 1 N–H and O–H groups in total. The van der Waals surface area contributed by atoms with Crippen LogP contribution in [0.5, 0.6) is 0 Å². The quantitative estimate of drug-likeness (QED) is 0.303. The van der Waals surface area contributed by atoms with E-state index in [9.17, 15) is 5.11 Å². The SMILES string of the molecule is CCCCCCCCOC(O)(CCC)CCCCCC. The summed E-state index contributed by atoms with van der Waals surface area (Å²) in [4.78, 5) is 0. The smallest absolute Gasteiger partial charge is 0.165 e. The second-order valence-electron chi connectivity index (χ2n) is 6.12. The standard InChI is InChI=1S/C18H38O2/c1-4-7-9-11-12-14-17-20-18(19,15-6-3)16-13-10-8-5-2/h19H,4-17H2,1-3H3. The van der Waals surface area contributed by atoms with E-state index in [1.54, 1.807) is 0 Å². The highest BCUT2D eigenvalue weighted by atomic mass is 16.6. The second kappa shape index (κ2) is 13.9. The maximum absolute atomic E-state index is 10.5. The zero-order valence-corrected chi connectivity index (χ0v) is 14.3. The van der Waals surface area contributed by atoms with Crippen LogP contribution in [-0.4, -0.2) is 17.5 Å². The predicted octanol–water partition coefficient (Wildman–Crippen LogP) is 5.82. The fraction of sp³-hybridized carbons (Fsp3) is 1.00. The third-order valence-electron chi connectivity index (χ3n) is 3.93. The minimum Gasteiger partial charge on any atom is -0.365 e. The summed E-state index contributed by atoms with van der Waals surface area (Å²) in [6, 6.07) is 0. The monoisotopic (exact) mass is 286 g/mol. The van der Waals surface area contributed by atoms with E-state index in [0.29, 0.717) is 0 Å². The molecule has 0 fully saturated rings. The third kappa shape index (κ3) is 11.7. The number of ether oxygens (including phenoxy) is 1. The van der Waals surface area contributed by atoms with Crippen LogP contribution in [0.25, 0.3) is 0 Å². The van der Waals surface area contributed by atoms with Crippen LogP contribution < -0.4 is 0 Å². The van der Waals surface area contributed by atoms with Gasteiger partial charge >= 0.3 is 0 Å². The summed E-state index contributed by atoms with van der Waals surface area (Å²) >= 11 is 0. The first kappa shape index (κ1) is 19.9. The van der Waals surface area contributed by atoms with Gasteiger partial charge in [0.05, 0.1) is 6.61 Å². The predicted molar refractivity (Wildman–Crippen MR) is 87.9 cm³/mol. The van der Waals surface area contributed by atoms with E-state index in [2.05, 4.69) is 20.8 Å². The molecular formula is C18H38O2. The molecule has 0 aliphatic heterocycles. The molecule has 0 amide bonds. The molecule has 0 spiro atoms. The summed E-state index contributed by atoms with van der Waals surface area (Å²) in [6.45, 7) is 7.29. The van der Waals surface area contributed by atoms with Crippen molar-refractivity contribution in [3.63, 3.8) is 0 Å². The lowest BCUT2D eigenvalue weighted by molar-refractivity contribution is -0.213. The summed E-state index contributed by atoms with van der Waals surface area (Å²) < 4.78 is 5.81. The Kier molecular flexibility index (Phi) is 13.8. The third-order valence-corrected chi connectivity index (χ3v) is 3.93. The first-order valence-electron chi connectivity index (χ1n) is 9.04. The van der Waals surface area contributed by atoms with E-state index in [1.165, 1.54) is 51.4 Å². The van der Waals surface area contributed by atoms with Gasteiger partial charge in [0.2, 0.25) is 0 Å². The van der Waals surface area contributed by atoms with Crippen molar-refractivity contribution in [2.75, 3.05) is 6.61 Å². The van der Waals surface area contributed by atoms with Crippen LogP contribution in [0, 0.1) is 0 Å². The van der Waals surface area contributed by atoms with E-state index in [1.807, 2.05) is 0 Å². The molecule has 0 aliphatic carbocycles. The maximum Gasteiger partial charge on any atom is 0.165 e. The van der Waals surface area contributed by atoms with Gasteiger partial charge in [-0.25, -0.2) is 0 Å². The summed E-state index contributed by atoms with van der Waals surface area (Å²) in [7, 11) is 0. The minimum absolute atomic E-state index is 0.719. The van der Waals surface area contributed by atoms with Crippen LogP contribution in [0.3, 0.4) is 0 Å². The van der Waals surface area contributed by atoms with Crippen molar-refractivity contribution in [2.24, 2.45) is 0 Å². The molecule has 0 radical (unpaired) electrons. The Hall–Kier alpha value is -0.0800. The Morgan fingerprint density at radius 1 is 0.650 bits per heavy atom. The molecule has 0 saturated carbocycles. The van der Waals surface area contributed by atoms with Gasteiger partial charge in [0.1, 0.15) is 0 Å². The number of hydrogen-bond donors (Lipinski definition) is 1. The number of aliphatic hydroxyl groups is 1. The number of hydrogen-bond acceptors (Lipinski definition) is 2. The Morgan fingerprint density at radius 2 is 1.20 bits per heavy atom. The van der Waals surface area contributed by atoms with Gasteiger partial charge in [-0.15, -0.1) is 0 Å². The van der Waals surface area contributed by atoms with Crippen LogP contribution in [-0.2, 0) is 4.74 Å².